The van der Waals surface area contributed by atoms with Crippen molar-refractivity contribution in [3.8, 4) is 0 Å². The van der Waals surface area contributed by atoms with Crippen LogP contribution in [0.1, 0.15) is 5.56 Å². The maximum atomic E-state index is 12.1. The summed E-state index contributed by atoms with van der Waals surface area (Å²) in [6, 6.07) is 7.85. The Hall–Kier alpha value is -2.15. The molecule has 0 aliphatic heterocycles. The summed E-state index contributed by atoms with van der Waals surface area (Å²) in [7, 11) is -3.41. The summed E-state index contributed by atoms with van der Waals surface area (Å²) in [6.07, 6.45) is 3.31. The van der Waals surface area contributed by atoms with E-state index >= 15 is 0 Å². The average molecular weight is 278 g/mol. The van der Waals surface area contributed by atoms with E-state index in [2.05, 4.69) is 5.10 Å². The molecule has 0 radical (unpaired) electrons. The van der Waals surface area contributed by atoms with Gasteiger partial charge in [0.2, 0.25) is 0 Å². The van der Waals surface area contributed by atoms with E-state index in [0.29, 0.717) is 12.1 Å². The van der Waals surface area contributed by atoms with Gasteiger partial charge in [-0.3, -0.25) is 10.1 Å². The number of benzene rings is 1. The third-order valence-corrected chi connectivity index (χ3v) is 4.34. The summed E-state index contributed by atoms with van der Waals surface area (Å²) in [4.78, 5) is 0.173. The van der Waals surface area contributed by atoms with Gasteiger partial charge in [0, 0.05) is 18.0 Å². The second kappa shape index (κ2) is 5.23. The number of nitrogen functional groups attached to an aromatic ring is 1. The topological polar surface area (TPSA) is 102 Å². The molecule has 3 N–H and O–H groups in total. The molecule has 0 atom stereocenters. The molecular formula is C12H14N4O2S. The van der Waals surface area contributed by atoms with Crippen molar-refractivity contribution in [3.05, 3.63) is 48.3 Å². The Morgan fingerprint density at radius 2 is 2.16 bits per heavy atom. The van der Waals surface area contributed by atoms with E-state index in [-0.39, 0.29) is 16.5 Å². The molecule has 1 aromatic heterocycles. The van der Waals surface area contributed by atoms with E-state index < -0.39 is 9.84 Å². The monoisotopic (exact) mass is 278 g/mol. The zero-order valence-electron chi connectivity index (χ0n) is 10.2. The maximum Gasteiger partial charge on any atom is 0.180 e. The van der Waals surface area contributed by atoms with Gasteiger partial charge >= 0.3 is 0 Å². The molecule has 1 aromatic carbocycles. The fourth-order valence-corrected chi connectivity index (χ4v) is 2.88. The number of nitrogens with zero attached hydrogens (tertiary/aromatic N) is 2. The molecule has 0 unspecified atom stereocenters. The maximum absolute atomic E-state index is 12.1. The highest BCUT2D eigenvalue weighted by Gasteiger charge is 2.15. The number of nitrogens with one attached hydrogen (secondary N) is 1. The standard InChI is InChI=1S/C12H14N4O2S/c13-12(14)10-3-1-4-11(9-10)19(17,18)8-7-16-6-2-5-15-16/h1-6,9H,7-8H2,(H3,13,14). The number of rotatable bonds is 5. The van der Waals surface area contributed by atoms with Crippen molar-refractivity contribution in [3.63, 3.8) is 0 Å². The molecule has 2 aromatic rings. The molecule has 0 aliphatic carbocycles. The third kappa shape index (κ3) is 3.19. The number of sulfone groups is 1. The molecule has 0 spiro atoms. The van der Waals surface area contributed by atoms with Crippen LogP contribution in [0.4, 0.5) is 0 Å². The molecule has 19 heavy (non-hydrogen) atoms. The molecule has 0 saturated carbocycles. The van der Waals surface area contributed by atoms with Crippen LogP contribution < -0.4 is 5.73 Å². The van der Waals surface area contributed by atoms with Gasteiger partial charge in [-0.25, -0.2) is 8.42 Å². The quantitative estimate of drug-likeness (QED) is 0.619. The minimum Gasteiger partial charge on any atom is -0.384 e. The highest BCUT2D eigenvalue weighted by Crippen LogP contribution is 2.13. The molecule has 100 valence electrons. The summed E-state index contributed by atoms with van der Waals surface area (Å²) in [5.41, 5.74) is 5.75. The molecule has 6 nitrogen and oxygen atoms in total. The summed E-state index contributed by atoms with van der Waals surface area (Å²) >= 11 is 0. The zero-order chi connectivity index (χ0) is 13.9. The van der Waals surface area contributed by atoms with E-state index in [4.69, 9.17) is 11.1 Å². The number of hydrogen-bond donors (Lipinski definition) is 2. The lowest BCUT2D eigenvalue weighted by molar-refractivity contribution is 0.580. The van der Waals surface area contributed by atoms with E-state index in [0.717, 1.165) is 0 Å². The third-order valence-electron chi connectivity index (χ3n) is 2.65. The highest BCUT2D eigenvalue weighted by molar-refractivity contribution is 7.91. The smallest absolute Gasteiger partial charge is 0.180 e. The minimum absolute atomic E-state index is 0.0456. The predicted octanol–water partition coefficient (Wildman–Crippen LogP) is 0.641. The Labute approximate surface area is 111 Å². The van der Waals surface area contributed by atoms with Gasteiger partial charge in [-0.2, -0.15) is 5.10 Å². The number of hydrogen-bond acceptors (Lipinski definition) is 4. The summed E-state index contributed by atoms with van der Waals surface area (Å²) < 4.78 is 25.9. The van der Waals surface area contributed by atoms with Crippen LogP contribution in [-0.4, -0.2) is 29.8 Å². The molecule has 7 heteroatoms. The van der Waals surface area contributed by atoms with Crippen molar-refractivity contribution < 1.29 is 8.42 Å². The van der Waals surface area contributed by atoms with E-state index in [9.17, 15) is 8.42 Å². The number of nitrogens with two attached hydrogens (primary N) is 1. The van der Waals surface area contributed by atoms with Crippen LogP contribution in [0.15, 0.2) is 47.6 Å². The molecule has 0 amide bonds. The van der Waals surface area contributed by atoms with Gasteiger partial charge in [0.15, 0.2) is 9.84 Å². The van der Waals surface area contributed by atoms with Crippen LogP contribution in [0.25, 0.3) is 0 Å². The Morgan fingerprint density at radius 1 is 1.37 bits per heavy atom. The Morgan fingerprint density at radius 3 is 2.79 bits per heavy atom. The van der Waals surface area contributed by atoms with Crippen LogP contribution >= 0.6 is 0 Å². The van der Waals surface area contributed by atoms with Gasteiger partial charge in [-0.05, 0) is 18.2 Å². The Kier molecular flexibility index (Phi) is 3.66. The first-order valence-electron chi connectivity index (χ1n) is 5.64. The zero-order valence-corrected chi connectivity index (χ0v) is 11.0. The second-order valence-corrected chi connectivity index (χ2v) is 6.14. The SMILES string of the molecule is N=C(N)c1cccc(S(=O)(=O)CCn2cccn2)c1. The van der Waals surface area contributed by atoms with Gasteiger partial charge < -0.3 is 5.73 Å². The Balaban J connectivity index is 2.19. The van der Waals surface area contributed by atoms with Crippen LogP contribution in [0.3, 0.4) is 0 Å². The van der Waals surface area contributed by atoms with Gasteiger partial charge in [-0.15, -0.1) is 0 Å². The number of amidine groups is 1. The lowest BCUT2D eigenvalue weighted by Crippen LogP contribution is -2.15. The van der Waals surface area contributed by atoms with Crippen molar-refractivity contribution >= 4 is 15.7 Å². The molecular weight excluding hydrogens is 264 g/mol. The minimum atomic E-state index is -3.41. The Bertz CT molecular complexity index is 678. The lowest BCUT2D eigenvalue weighted by Gasteiger charge is -2.06. The average Bonchev–Trinajstić information content (AvgIpc) is 2.90. The van der Waals surface area contributed by atoms with Crippen molar-refractivity contribution in [2.75, 3.05) is 5.75 Å². The predicted molar refractivity (Wildman–Crippen MR) is 71.7 cm³/mol. The van der Waals surface area contributed by atoms with Crippen LogP contribution in [0.2, 0.25) is 0 Å². The van der Waals surface area contributed by atoms with Gasteiger partial charge in [0.05, 0.1) is 17.2 Å². The van der Waals surface area contributed by atoms with Crippen molar-refractivity contribution in [2.45, 2.75) is 11.4 Å². The van der Waals surface area contributed by atoms with Crippen molar-refractivity contribution in [1.82, 2.24) is 9.78 Å². The first-order chi connectivity index (χ1) is 8.99. The van der Waals surface area contributed by atoms with E-state index in [1.54, 1.807) is 35.3 Å². The number of aryl methyl sites for hydroxylation is 1. The summed E-state index contributed by atoms with van der Waals surface area (Å²) in [5, 5.41) is 11.3. The highest BCUT2D eigenvalue weighted by atomic mass is 32.2. The van der Waals surface area contributed by atoms with Gasteiger partial charge in [0.25, 0.3) is 0 Å². The molecule has 0 aliphatic rings. The molecule has 0 saturated heterocycles. The van der Waals surface area contributed by atoms with Gasteiger partial charge in [-0.1, -0.05) is 12.1 Å². The van der Waals surface area contributed by atoms with Crippen molar-refractivity contribution in [2.24, 2.45) is 5.73 Å². The van der Waals surface area contributed by atoms with E-state index in [1.165, 1.54) is 12.1 Å². The molecule has 1 heterocycles. The number of aromatic nitrogens is 2. The van der Waals surface area contributed by atoms with Gasteiger partial charge in [0.1, 0.15) is 5.84 Å². The van der Waals surface area contributed by atoms with Crippen molar-refractivity contribution in [1.29, 1.82) is 5.41 Å². The largest absolute Gasteiger partial charge is 0.384 e. The van der Waals surface area contributed by atoms with Crippen LogP contribution in [-0.2, 0) is 16.4 Å². The second-order valence-electron chi connectivity index (χ2n) is 4.03. The summed E-state index contributed by atoms with van der Waals surface area (Å²) in [6.45, 7) is 0.291. The van der Waals surface area contributed by atoms with Crippen LogP contribution in [0.5, 0.6) is 0 Å². The lowest BCUT2D eigenvalue weighted by atomic mass is 10.2. The molecule has 0 fully saturated rings. The van der Waals surface area contributed by atoms with E-state index in [1.807, 2.05) is 0 Å². The fraction of sp³-hybridized carbons (Fsp3) is 0.167. The molecule has 2 rings (SSSR count). The summed E-state index contributed by atoms with van der Waals surface area (Å²) in [5.74, 6) is -0.195. The normalized spacial score (nSPS) is 11.4. The first kappa shape index (κ1) is 13.3. The molecule has 0 bridgehead atoms. The van der Waals surface area contributed by atoms with Crippen LogP contribution in [0, 0.1) is 5.41 Å². The first-order valence-corrected chi connectivity index (χ1v) is 7.29. The fourth-order valence-electron chi connectivity index (χ4n) is 1.62.